The van der Waals surface area contributed by atoms with Crippen molar-refractivity contribution in [1.82, 2.24) is 0 Å². The highest BCUT2D eigenvalue weighted by Crippen LogP contribution is 2.45. The average molecular weight is 522 g/mol. The summed E-state index contributed by atoms with van der Waals surface area (Å²) in [7, 11) is -0.0869. The molecule has 1 heterocycles. The van der Waals surface area contributed by atoms with Crippen molar-refractivity contribution in [1.29, 1.82) is 0 Å². The molecule has 1 fully saturated rings. The number of rotatable bonds is 6. The number of esters is 1. The number of hydrogen-bond acceptors (Lipinski definition) is 3. The minimum Gasteiger partial charge on any atom is -0.481 e. The van der Waals surface area contributed by atoms with Gasteiger partial charge in [0.05, 0.1) is 0 Å². The fourth-order valence-corrected chi connectivity index (χ4v) is 8.29. The molecule has 0 aliphatic heterocycles. The topological polar surface area (TPSA) is 35.5 Å². The minimum absolute atomic E-state index is 0.0869. The van der Waals surface area contributed by atoms with Crippen molar-refractivity contribution in [3.05, 3.63) is 106 Å². The van der Waals surface area contributed by atoms with Crippen LogP contribution >= 0.6 is 10.5 Å². The van der Waals surface area contributed by atoms with Crippen molar-refractivity contribution in [2.75, 3.05) is 6.61 Å². The summed E-state index contributed by atoms with van der Waals surface area (Å²) >= 11 is 0. The lowest BCUT2D eigenvalue weighted by atomic mass is 9.90. The van der Waals surface area contributed by atoms with E-state index in [9.17, 15) is 4.79 Å². The largest absolute Gasteiger partial charge is 0.481 e. The number of benzene rings is 4. The zero-order valence-electron chi connectivity index (χ0n) is 22.3. The average Bonchev–Trinajstić information content (AvgIpc) is 3.53. The van der Waals surface area contributed by atoms with Crippen LogP contribution in [0.25, 0.3) is 25.8 Å². The van der Waals surface area contributed by atoms with Gasteiger partial charge in [-0.3, -0.25) is 0 Å². The van der Waals surface area contributed by atoms with Crippen molar-refractivity contribution < 1.29 is 14.3 Å². The molecular formula is C34H33O3S+. The third-order valence-electron chi connectivity index (χ3n) is 7.86. The van der Waals surface area contributed by atoms with Gasteiger partial charge in [0.15, 0.2) is 16.2 Å². The molecule has 1 aliphatic carbocycles. The van der Waals surface area contributed by atoms with E-state index in [1.807, 2.05) is 12.1 Å². The molecule has 1 saturated carbocycles. The monoisotopic (exact) mass is 521 g/mol. The van der Waals surface area contributed by atoms with E-state index < -0.39 is 5.60 Å². The van der Waals surface area contributed by atoms with Gasteiger partial charge >= 0.3 is 5.97 Å². The van der Waals surface area contributed by atoms with Crippen molar-refractivity contribution in [3.8, 4) is 10.6 Å². The number of carbonyl (C=O) groups is 1. The molecule has 0 bridgehead atoms. The van der Waals surface area contributed by atoms with Crippen LogP contribution in [0.2, 0.25) is 0 Å². The van der Waals surface area contributed by atoms with E-state index in [2.05, 4.69) is 92.9 Å². The minimum atomic E-state index is -0.570. The number of aryl methyl sites for hydroxylation is 3. The van der Waals surface area contributed by atoms with E-state index in [0.717, 1.165) is 48.1 Å². The molecule has 0 spiro atoms. The Labute approximate surface area is 227 Å². The number of thiophene rings is 1. The summed E-state index contributed by atoms with van der Waals surface area (Å²) in [5.74, 6) is 0.460. The normalized spacial score (nSPS) is 15.2. The summed E-state index contributed by atoms with van der Waals surface area (Å²) in [4.78, 5) is 14.4. The second-order valence-corrected chi connectivity index (χ2v) is 12.4. The van der Waals surface area contributed by atoms with Crippen LogP contribution in [0.5, 0.6) is 5.75 Å². The smallest absolute Gasteiger partial charge is 0.345 e. The number of fused-ring (bicyclic) bond motifs is 2. The Bertz CT molecular complexity index is 1630. The van der Waals surface area contributed by atoms with Gasteiger partial charge in [0, 0.05) is 33.6 Å². The van der Waals surface area contributed by atoms with Crippen molar-refractivity contribution in [2.45, 2.75) is 52.1 Å². The molecule has 1 aliphatic rings. The Balaban J connectivity index is 1.21. The third kappa shape index (κ3) is 4.48. The molecule has 3 nitrogen and oxygen atoms in total. The molecule has 0 radical (unpaired) electrons. The Morgan fingerprint density at radius 2 is 1.50 bits per heavy atom. The first-order valence-electron chi connectivity index (χ1n) is 13.4. The molecular weight excluding hydrogens is 488 g/mol. The Morgan fingerprint density at radius 3 is 2.26 bits per heavy atom. The SMILES string of the molecule is Cc1cc(-[s+]2cc(C)c3ccccc32)cc(C)c1OCC(=O)OC1(c2ccc3ccccc3c2)CCCC1. The molecule has 192 valence electrons. The fourth-order valence-electron chi connectivity index (χ4n) is 6.00. The van der Waals surface area contributed by atoms with E-state index in [0.29, 0.717) is 0 Å². The molecule has 4 heteroatoms. The highest BCUT2D eigenvalue weighted by molar-refractivity contribution is 7.43. The summed E-state index contributed by atoms with van der Waals surface area (Å²) in [6.07, 6.45) is 3.81. The molecule has 4 aromatic carbocycles. The standard InChI is InChI=1S/C34H33O3S/c1-23-18-29(38-22-25(3)30-12-6-7-13-31(30)38)19-24(2)33(23)36-21-32(35)37-34(16-8-9-17-34)28-15-14-26-10-4-5-11-27(26)20-28/h4-7,10-15,18-20,22H,8-9,16-17,21H2,1-3H3/q+1. The van der Waals surface area contributed by atoms with Gasteiger partial charge < -0.3 is 9.47 Å². The molecule has 1 aromatic heterocycles. The predicted molar refractivity (Wildman–Crippen MR) is 158 cm³/mol. The van der Waals surface area contributed by atoms with Crippen LogP contribution in [0, 0.1) is 20.8 Å². The molecule has 6 rings (SSSR count). The maximum absolute atomic E-state index is 13.1. The molecule has 1 atom stereocenters. The first-order valence-corrected chi connectivity index (χ1v) is 14.7. The summed E-state index contributed by atoms with van der Waals surface area (Å²) in [5, 5.41) is 6.07. The van der Waals surface area contributed by atoms with Gasteiger partial charge in [-0.25, -0.2) is 4.79 Å². The van der Waals surface area contributed by atoms with Crippen LogP contribution in [-0.4, -0.2) is 12.6 Å². The van der Waals surface area contributed by atoms with Gasteiger partial charge in [-0.1, -0.05) is 48.5 Å². The maximum Gasteiger partial charge on any atom is 0.345 e. The number of carbonyl (C=O) groups excluding carboxylic acids is 1. The van der Waals surface area contributed by atoms with E-state index >= 15 is 0 Å². The van der Waals surface area contributed by atoms with Crippen LogP contribution in [0.4, 0.5) is 0 Å². The highest BCUT2D eigenvalue weighted by Gasteiger charge is 2.39. The quantitative estimate of drug-likeness (QED) is 0.165. The van der Waals surface area contributed by atoms with Gasteiger partial charge in [0.2, 0.25) is 0 Å². The second kappa shape index (κ2) is 9.92. The Kier molecular flexibility index (Phi) is 6.45. The van der Waals surface area contributed by atoms with Crippen molar-refractivity contribution >= 4 is 37.3 Å². The Hall–Kier alpha value is -3.63. The lowest BCUT2D eigenvalue weighted by Crippen LogP contribution is -2.32. The number of ether oxygens (including phenoxy) is 2. The van der Waals surface area contributed by atoms with Crippen LogP contribution in [0.3, 0.4) is 0 Å². The van der Waals surface area contributed by atoms with Gasteiger partial charge in [0.25, 0.3) is 0 Å². The van der Waals surface area contributed by atoms with E-state index in [1.54, 1.807) is 0 Å². The zero-order chi connectivity index (χ0) is 26.3. The Morgan fingerprint density at radius 1 is 0.816 bits per heavy atom. The maximum atomic E-state index is 13.1. The molecule has 5 aromatic rings. The summed E-state index contributed by atoms with van der Waals surface area (Å²) in [6, 6.07) is 27.8. The first-order chi connectivity index (χ1) is 18.4. The first kappa shape index (κ1) is 24.7. The second-order valence-electron chi connectivity index (χ2n) is 10.5. The van der Waals surface area contributed by atoms with Crippen LogP contribution in [0.15, 0.2) is 84.2 Å². The fraction of sp³-hybridized carbons (Fsp3) is 0.265. The van der Waals surface area contributed by atoms with Crippen LogP contribution in [-0.2, 0) is 15.1 Å². The van der Waals surface area contributed by atoms with E-state index in [1.165, 1.54) is 31.3 Å². The van der Waals surface area contributed by atoms with Gasteiger partial charge in [-0.15, -0.1) is 0 Å². The summed E-state index contributed by atoms with van der Waals surface area (Å²) < 4.78 is 13.7. The predicted octanol–water partition coefficient (Wildman–Crippen LogP) is 9.05. The third-order valence-corrected chi connectivity index (χ3v) is 10.0. The molecule has 0 saturated heterocycles. The van der Waals surface area contributed by atoms with Crippen LogP contribution < -0.4 is 4.74 Å². The van der Waals surface area contributed by atoms with E-state index in [4.69, 9.17) is 9.47 Å². The summed E-state index contributed by atoms with van der Waals surface area (Å²) in [6.45, 7) is 6.22. The summed E-state index contributed by atoms with van der Waals surface area (Å²) in [5.41, 5.74) is 3.93. The number of hydrogen-bond donors (Lipinski definition) is 0. The zero-order valence-corrected chi connectivity index (χ0v) is 23.1. The molecule has 1 unspecified atom stereocenters. The lowest BCUT2D eigenvalue weighted by Gasteiger charge is -2.30. The van der Waals surface area contributed by atoms with Crippen molar-refractivity contribution in [3.63, 3.8) is 0 Å². The van der Waals surface area contributed by atoms with Gasteiger partial charge in [-0.05, 0) is 92.1 Å². The van der Waals surface area contributed by atoms with E-state index in [-0.39, 0.29) is 23.0 Å². The molecule has 38 heavy (non-hydrogen) atoms. The van der Waals surface area contributed by atoms with Gasteiger partial charge in [0.1, 0.15) is 16.7 Å². The molecule has 0 amide bonds. The van der Waals surface area contributed by atoms with Crippen LogP contribution in [0.1, 0.15) is 47.9 Å². The lowest BCUT2D eigenvalue weighted by molar-refractivity contribution is -0.163. The highest BCUT2D eigenvalue weighted by atomic mass is 32.2. The van der Waals surface area contributed by atoms with Crippen molar-refractivity contribution in [2.24, 2.45) is 0 Å². The molecule has 0 N–H and O–H groups in total. The van der Waals surface area contributed by atoms with Gasteiger partial charge in [-0.2, -0.15) is 0 Å².